The lowest BCUT2D eigenvalue weighted by Crippen LogP contribution is -2.18. The fourth-order valence-electron chi connectivity index (χ4n) is 2.01. The molecule has 0 aromatic heterocycles. The summed E-state index contributed by atoms with van der Waals surface area (Å²) >= 11 is 11.9. The molecule has 1 fully saturated rings. The van der Waals surface area contributed by atoms with Gasteiger partial charge in [0.15, 0.2) is 9.84 Å². The molecule has 1 heterocycles. The van der Waals surface area contributed by atoms with E-state index >= 15 is 0 Å². The molecule has 1 aromatic carbocycles. The van der Waals surface area contributed by atoms with Crippen molar-refractivity contribution in [1.29, 1.82) is 0 Å². The molecule has 1 aliphatic heterocycles. The number of aliphatic carboxylic acids is 1. The maximum absolute atomic E-state index is 11.4. The first kappa shape index (κ1) is 16.1. The molecular weight excluding hydrogens is 339 g/mol. The zero-order valence-corrected chi connectivity index (χ0v) is 13.1. The molecule has 1 aromatic rings. The number of hydrogen-bond acceptors (Lipinski definition) is 4. The highest BCUT2D eigenvalue weighted by Gasteiger charge is 2.30. The molecule has 0 radical (unpaired) electrons. The molecule has 0 spiro atoms. The van der Waals surface area contributed by atoms with E-state index in [1.807, 2.05) is 0 Å². The summed E-state index contributed by atoms with van der Waals surface area (Å²) in [4.78, 5) is 10.6. The van der Waals surface area contributed by atoms with Gasteiger partial charge in [-0.15, -0.1) is 0 Å². The van der Waals surface area contributed by atoms with E-state index in [4.69, 9.17) is 33.0 Å². The van der Waals surface area contributed by atoms with Crippen LogP contribution >= 0.6 is 23.2 Å². The van der Waals surface area contributed by atoms with Gasteiger partial charge in [-0.1, -0.05) is 23.2 Å². The molecule has 1 saturated heterocycles. The van der Waals surface area contributed by atoms with Crippen molar-refractivity contribution >= 4 is 45.1 Å². The second-order valence-electron chi connectivity index (χ2n) is 4.62. The van der Waals surface area contributed by atoms with Crippen LogP contribution in [-0.2, 0) is 14.6 Å². The Kier molecular flexibility index (Phi) is 4.81. The van der Waals surface area contributed by atoms with E-state index in [2.05, 4.69) is 0 Å². The maximum Gasteiger partial charge on any atom is 0.328 e. The number of carbonyl (C=O) groups is 1. The number of halogens is 2. The van der Waals surface area contributed by atoms with Gasteiger partial charge >= 0.3 is 5.97 Å². The highest BCUT2D eigenvalue weighted by atomic mass is 35.5. The van der Waals surface area contributed by atoms with Crippen LogP contribution < -0.4 is 4.74 Å². The van der Waals surface area contributed by atoms with Gasteiger partial charge < -0.3 is 9.84 Å². The minimum atomic E-state index is -3.08. The molecule has 0 bridgehead atoms. The maximum atomic E-state index is 11.4. The third-order valence-electron chi connectivity index (χ3n) is 2.92. The van der Waals surface area contributed by atoms with Gasteiger partial charge in [0.2, 0.25) is 0 Å². The number of benzene rings is 1. The fraction of sp³-hybridized carbons (Fsp3) is 0.308. The Hall–Kier alpha value is -1.24. The first-order chi connectivity index (χ1) is 9.77. The second kappa shape index (κ2) is 6.25. The van der Waals surface area contributed by atoms with Gasteiger partial charge in [0.25, 0.3) is 0 Å². The van der Waals surface area contributed by atoms with Gasteiger partial charge in [0.05, 0.1) is 16.5 Å². The predicted molar refractivity (Wildman–Crippen MR) is 80.8 cm³/mol. The fourth-order valence-corrected chi connectivity index (χ4v) is 4.15. The molecule has 1 atom stereocenters. The van der Waals surface area contributed by atoms with E-state index in [0.29, 0.717) is 17.0 Å². The minimum Gasteiger partial charge on any atom is -0.487 e. The van der Waals surface area contributed by atoms with Gasteiger partial charge in [-0.3, -0.25) is 0 Å². The van der Waals surface area contributed by atoms with E-state index in [-0.39, 0.29) is 22.3 Å². The van der Waals surface area contributed by atoms with Crippen molar-refractivity contribution in [2.45, 2.75) is 12.5 Å². The largest absolute Gasteiger partial charge is 0.487 e. The van der Waals surface area contributed by atoms with Crippen LogP contribution in [0.2, 0.25) is 10.0 Å². The molecule has 1 unspecified atom stereocenters. The zero-order valence-electron chi connectivity index (χ0n) is 10.8. The normalized spacial score (nSPS) is 20.8. The minimum absolute atomic E-state index is 0.0726. The first-order valence-corrected chi connectivity index (χ1v) is 8.62. The van der Waals surface area contributed by atoms with Crippen molar-refractivity contribution in [3.05, 3.63) is 33.8 Å². The molecule has 8 heteroatoms. The van der Waals surface area contributed by atoms with E-state index < -0.39 is 21.9 Å². The number of hydrogen-bond donors (Lipinski definition) is 1. The highest BCUT2D eigenvalue weighted by molar-refractivity contribution is 7.91. The van der Waals surface area contributed by atoms with Gasteiger partial charge in [-0.25, -0.2) is 13.2 Å². The van der Waals surface area contributed by atoms with Crippen molar-refractivity contribution in [2.24, 2.45) is 0 Å². The van der Waals surface area contributed by atoms with E-state index in [0.717, 1.165) is 6.08 Å². The summed E-state index contributed by atoms with van der Waals surface area (Å²) in [6.45, 7) is 0. The summed E-state index contributed by atoms with van der Waals surface area (Å²) in [7, 11) is -3.08. The highest BCUT2D eigenvalue weighted by Crippen LogP contribution is 2.35. The van der Waals surface area contributed by atoms with Gasteiger partial charge in [0.1, 0.15) is 11.9 Å². The number of ether oxygens (including phenoxy) is 1. The zero-order chi connectivity index (χ0) is 15.6. The van der Waals surface area contributed by atoms with Crippen molar-refractivity contribution in [1.82, 2.24) is 0 Å². The summed E-state index contributed by atoms with van der Waals surface area (Å²) in [5.74, 6) is -0.891. The standard InChI is InChI=1S/C13H12Cl2O5S/c14-9-5-8(1-2-12(16)17)13(11(15)6-9)20-10-3-4-21(18,19)7-10/h1-2,5-6,10H,3-4,7H2,(H,16,17)/b2-1+. The van der Waals surface area contributed by atoms with E-state index in [9.17, 15) is 13.2 Å². The summed E-state index contributed by atoms with van der Waals surface area (Å²) in [6, 6.07) is 2.96. The lowest BCUT2D eigenvalue weighted by Gasteiger charge is -2.16. The third-order valence-corrected chi connectivity index (χ3v) is 5.15. The van der Waals surface area contributed by atoms with Gasteiger partial charge in [0, 0.05) is 16.7 Å². The second-order valence-corrected chi connectivity index (χ2v) is 7.69. The molecule has 1 aliphatic rings. The molecule has 2 rings (SSSR count). The Labute approximate surface area is 132 Å². The summed E-state index contributed by atoms with van der Waals surface area (Å²) in [6.07, 6.45) is 2.12. The Bertz CT molecular complexity index is 697. The van der Waals surface area contributed by atoms with Gasteiger partial charge in [-0.05, 0) is 24.6 Å². The Morgan fingerprint density at radius 1 is 1.38 bits per heavy atom. The van der Waals surface area contributed by atoms with Crippen LogP contribution in [0.15, 0.2) is 18.2 Å². The number of rotatable bonds is 4. The monoisotopic (exact) mass is 350 g/mol. The van der Waals surface area contributed by atoms with Crippen molar-refractivity contribution in [3.63, 3.8) is 0 Å². The first-order valence-electron chi connectivity index (χ1n) is 6.04. The third kappa shape index (κ3) is 4.36. The van der Waals surface area contributed by atoms with Crippen LogP contribution in [0.25, 0.3) is 6.08 Å². The molecule has 21 heavy (non-hydrogen) atoms. The molecule has 114 valence electrons. The van der Waals surface area contributed by atoms with E-state index in [1.54, 1.807) is 0 Å². The SMILES string of the molecule is O=C(O)/C=C/c1cc(Cl)cc(Cl)c1OC1CCS(=O)(=O)C1. The molecule has 5 nitrogen and oxygen atoms in total. The van der Waals surface area contributed by atoms with E-state index in [1.165, 1.54) is 18.2 Å². The Balaban J connectivity index is 2.31. The van der Waals surface area contributed by atoms with Crippen LogP contribution in [0, 0.1) is 0 Å². The van der Waals surface area contributed by atoms with Crippen LogP contribution in [0.4, 0.5) is 0 Å². The van der Waals surface area contributed by atoms with Gasteiger partial charge in [-0.2, -0.15) is 0 Å². The predicted octanol–water partition coefficient (Wildman–Crippen LogP) is 2.66. The number of carboxylic acid groups (broad SMARTS) is 1. The van der Waals surface area contributed by atoms with Crippen LogP contribution in [0.3, 0.4) is 0 Å². The van der Waals surface area contributed by atoms with Crippen molar-refractivity contribution in [3.8, 4) is 5.75 Å². The molecule has 1 N–H and O–H groups in total. The average molecular weight is 351 g/mol. The summed E-state index contributed by atoms with van der Waals surface area (Å²) in [5.41, 5.74) is 0.388. The quantitative estimate of drug-likeness (QED) is 0.844. The molecular formula is C13H12Cl2O5S. The average Bonchev–Trinajstić information content (AvgIpc) is 2.70. The Morgan fingerprint density at radius 2 is 2.10 bits per heavy atom. The summed E-state index contributed by atoms with van der Waals surface area (Å²) < 4.78 is 28.5. The van der Waals surface area contributed by atoms with Crippen LogP contribution in [0.5, 0.6) is 5.75 Å². The number of sulfone groups is 1. The summed E-state index contributed by atoms with van der Waals surface area (Å²) in [5, 5.41) is 9.22. The van der Waals surface area contributed by atoms with Crippen molar-refractivity contribution in [2.75, 3.05) is 11.5 Å². The topological polar surface area (TPSA) is 80.7 Å². The molecule has 0 aliphatic carbocycles. The smallest absolute Gasteiger partial charge is 0.328 e. The number of carboxylic acids is 1. The molecule has 0 amide bonds. The lowest BCUT2D eigenvalue weighted by molar-refractivity contribution is -0.131. The Morgan fingerprint density at radius 3 is 2.67 bits per heavy atom. The van der Waals surface area contributed by atoms with Crippen LogP contribution in [0.1, 0.15) is 12.0 Å². The lowest BCUT2D eigenvalue weighted by atomic mass is 10.1. The van der Waals surface area contributed by atoms with Crippen molar-refractivity contribution < 1.29 is 23.1 Å². The molecule has 0 saturated carbocycles. The van der Waals surface area contributed by atoms with Crippen LogP contribution in [-0.4, -0.2) is 37.1 Å².